The molecule has 0 radical (unpaired) electrons. The monoisotopic (exact) mass is 373 g/mol. The molecule has 0 fully saturated rings. The molecule has 0 spiro atoms. The van der Waals surface area contributed by atoms with Crippen molar-refractivity contribution >= 4 is 40.5 Å². The second-order valence-electron chi connectivity index (χ2n) is 5.56. The molecule has 0 saturated carbocycles. The van der Waals surface area contributed by atoms with Crippen LogP contribution in [-0.4, -0.2) is 37.0 Å². The van der Waals surface area contributed by atoms with Crippen molar-refractivity contribution in [2.24, 2.45) is 0 Å². The van der Waals surface area contributed by atoms with Gasteiger partial charge in [-0.05, 0) is 23.4 Å². The molecule has 1 aliphatic rings. The summed E-state index contributed by atoms with van der Waals surface area (Å²) in [7, 11) is 1.62. The quantitative estimate of drug-likeness (QED) is 0.522. The molecule has 0 unspecified atom stereocenters. The average molecular weight is 373 g/mol. The zero-order valence-corrected chi connectivity index (χ0v) is 15.6. The molecule has 6 heteroatoms. The normalized spacial score (nSPS) is 14.7. The Balaban J connectivity index is 1.83. The molecule has 0 saturated heterocycles. The summed E-state index contributed by atoms with van der Waals surface area (Å²) in [6.07, 6.45) is 0.641. The SMILES string of the molecule is COCCCN1C(=O)C(SCc2ccccc2)=C(c2cccs2)C1=O. The summed E-state index contributed by atoms with van der Waals surface area (Å²) < 4.78 is 5.04. The summed E-state index contributed by atoms with van der Waals surface area (Å²) >= 11 is 2.93. The number of hydrogen-bond acceptors (Lipinski definition) is 5. The predicted octanol–water partition coefficient (Wildman–Crippen LogP) is 3.80. The zero-order chi connectivity index (χ0) is 17.6. The Labute approximate surface area is 155 Å². The van der Waals surface area contributed by atoms with Gasteiger partial charge < -0.3 is 4.74 Å². The van der Waals surface area contributed by atoms with Crippen LogP contribution in [0.1, 0.15) is 16.9 Å². The van der Waals surface area contributed by atoms with E-state index in [2.05, 4.69) is 0 Å². The number of amides is 2. The smallest absolute Gasteiger partial charge is 0.268 e. The Morgan fingerprint density at radius 1 is 1.08 bits per heavy atom. The first kappa shape index (κ1) is 17.9. The number of ether oxygens (including phenoxy) is 1. The van der Waals surface area contributed by atoms with Crippen LogP contribution in [0, 0.1) is 0 Å². The van der Waals surface area contributed by atoms with Crippen LogP contribution < -0.4 is 0 Å². The van der Waals surface area contributed by atoms with Crippen LogP contribution in [0.4, 0.5) is 0 Å². The number of carbonyl (C=O) groups is 2. The number of carbonyl (C=O) groups excluding carboxylic acids is 2. The molecule has 0 N–H and O–H groups in total. The van der Waals surface area contributed by atoms with E-state index < -0.39 is 0 Å². The van der Waals surface area contributed by atoms with Crippen molar-refractivity contribution in [3.63, 3.8) is 0 Å². The average Bonchev–Trinajstić information content (AvgIpc) is 3.23. The first-order chi connectivity index (χ1) is 12.2. The van der Waals surface area contributed by atoms with Crippen molar-refractivity contribution in [3.8, 4) is 0 Å². The van der Waals surface area contributed by atoms with Crippen LogP contribution in [0.15, 0.2) is 52.7 Å². The second-order valence-corrected chi connectivity index (χ2v) is 7.50. The number of benzene rings is 1. The maximum absolute atomic E-state index is 12.8. The lowest BCUT2D eigenvalue weighted by Crippen LogP contribution is -2.32. The summed E-state index contributed by atoms with van der Waals surface area (Å²) in [6, 6.07) is 13.8. The fourth-order valence-corrected chi connectivity index (χ4v) is 4.54. The first-order valence-electron chi connectivity index (χ1n) is 8.02. The van der Waals surface area contributed by atoms with Gasteiger partial charge in [0.15, 0.2) is 0 Å². The molecule has 0 aliphatic carbocycles. The van der Waals surface area contributed by atoms with E-state index in [0.717, 1.165) is 10.4 Å². The van der Waals surface area contributed by atoms with Gasteiger partial charge >= 0.3 is 0 Å². The van der Waals surface area contributed by atoms with Crippen molar-refractivity contribution in [1.82, 2.24) is 4.90 Å². The van der Waals surface area contributed by atoms with Gasteiger partial charge in [0, 0.05) is 30.9 Å². The van der Waals surface area contributed by atoms with Crippen molar-refractivity contribution < 1.29 is 14.3 Å². The van der Waals surface area contributed by atoms with E-state index >= 15 is 0 Å². The molecule has 0 atom stereocenters. The highest BCUT2D eigenvalue weighted by molar-refractivity contribution is 8.03. The molecular weight excluding hydrogens is 354 g/mol. The molecule has 3 rings (SSSR count). The third-order valence-corrected chi connectivity index (χ3v) is 5.88. The molecule has 25 heavy (non-hydrogen) atoms. The largest absolute Gasteiger partial charge is 0.385 e. The number of hydrogen-bond donors (Lipinski definition) is 0. The van der Waals surface area contributed by atoms with Crippen LogP contribution in [0.5, 0.6) is 0 Å². The van der Waals surface area contributed by atoms with E-state index in [9.17, 15) is 9.59 Å². The summed E-state index contributed by atoms with van der Waals surface area (Å²) in [5.41, 5.74) is 1.67. The molecule has 130 valence electrons. The molecule has 1 aromatic heterocycles. The summed E-state index contributed by atoms with van der Waals surface area (Å²) in [5, 5.41) is 1.92. The standard InChI is InChI=1S/C19H19NO3S2/c1-23-11-6-10-20-18(21)16(15-9-5-12-24-15)17(19(20)22)25-13-14-7-3-2-4-8-14/h2-5,7-9,12H,6,10-11,13H2,1H3. The number of thioether (sulfide) groups is 1. The van der Waals surface area contributed by atoms with Crippen molar-refractivity contribution in [2.45, 2.75) is 12.2 Å². The minimum atomic E-state index is -0.195. The van der Waals surface area contributed by atoms with E-state index in [4.69, 9.17) is 4.74 Å². The molecule has 4 nitrogen and oxygen atoms in total. The lowest BCUT2D eigenvalue weighted by atomic mass is 10.2. The van der Waals surface area contributed by atoms with Gasteiger partial charge in [0.25, 0.3) is 11.8 Å². The number of methoxy groups -OCH3 is 1. The van der Waals surface area contributed by atoms with E-state index in [1.165, 1.54) is 28.0 Å². The van der Waals surface area contributed by atoms with Crippen molar-refractivity contribution in [3.05, 3.63) is 63.2 Å². The maximum Gasteiger partial charge on any atom is 0.268 e. The van der Waals surface area contributed by atoms with Gasteiger partial charge in [-0.3, -0.25) is 14.5 Å². The summed E-state index contributed by atoms with van der Waals surface area (Å²) in [4.78, 5) is 28.4. The number of rotatable bonds is 8. The van der Waals surface area contributed by atoms with Gasteiger partial charge in [-0.25, -0.2) is 0 Å². The van der Waals surface area contributed by atoms with E-state index in [1.807, 2.05) is 47.8 Å². The minimum absolute atomic E-state index is 0.189. The molecular formula is C19H19NO3S2. The topological polar surface area (TPSA) is 46.6 Å². The van der Waals surface area contributed by atoms with E-state index in [-0.39, 0.29) is 11.8 Å². The van der Waals surface area contributed by atoms with E-state index in [1.54, 1.807) is 7.11 Å². The lowest BCUT2D eigenvalue weighted by molar-refractivity contribution is -0.136. The van der Waals surface area contributed by atoms with E-state index in [0.29, 0.717) is 35.8 Å². The third-order valence-electron chi connectivity index (χ3n) is 3.85. The van der Waals surface area contributed by atoms with Crippen LogP contribution in [0.25, 0.3) is 5.57 Å². The Morgan fingerprint density at radius 3 is 2.56 bits per heavy atom. The molecule has 1 aromatic carbocycles. The van der Waals surface area contributed by atoms with Gasteiger partial charge in [-0.1, -0.05) is 36.4 Å². The summed E-state index contributed by atoms with van der Waals surface area (Å²) in [6.45, 7) is 0.910. The second kappa shape index (κ2) is 8.47. The van der Waals surface area contributed by atoms with Gasteiger partial charge in [0.1, 0.15) is 0 Å². The number of thiophene rings is 1. The van der Waals surface area contributed by atoms with Gasteiger partial charge in [0.2, 0.25) is 0 Å². The van der Waals surface area contributed by atoms with Crippen molar-refractivity contribution in [2.75, 3.05) is 20.3 Å². The molecule has 2 amide bonds. The fourth-order valence-electron chi connectivity index (χ4n) is 2.63. The molecule has 0 bridgehead atoms. The Hall–Kier alpha value is -1.89. The molecule has 2 heterocycles. The highest BCUT2D eigenvalue weighted by Gasteiger charge is 2.39. The first-order valence-corrected chi connectivity index (χ1v) is 9.89. The third kappa shape index (κ3) is 4.03. The van der Waals surface area contributed by atoms with Crippen LogP contribution in [0.3, 0.4) is 0 Å². The summed E-state index contributed by atoms with van der Waals surface area (Å²) in [5.74, 6) is 0.278. The molecule has 2 aromatic rings. The van der Waals surface area contributed by atoms with Crippen LogP contribution >= 0.6 is 23.1 Å². The highest BCUT2D eigenvalue weighted by atomic mass is 32.2. The highest BCUT2D eigenvalue weighted by Crippen LogP contribution is 2.38. The Kier molecular flexibility index (Phi) is 6.07. The maximum atomic E-state index is 12.8. The van der Waals surface area contributed by atoms with Gasteiger partial charge in [0.05, 0.1) is 10.5 Å². The van der Waals surface area contributed by atoms with Crippen LogP contribution in [0.2, 0.25) is 0 Å². The zero-order valence-electron chi connectivity index (χ0n) is 13.9. The van der Waals surface area contributed by atoms with Crippen LogP contribution in [-0.2, 0) is 20.1 Å². The minimum Gasteiger partial charge on any atom is -0.385 e. The lowest BCUT2D eigenvalue weighted by Gasteiger charge is -2.14. The van der Waals surface area contributed by atoms with Crippen molar-refractivity contribution in [1.29, 1.82) is 0 Å². The number of imide groups is 1. The Bertz CT molecular complexity index is 769. The van der Waals surface area contributed by atoms with Gasteiger partial charge in [-0.2, -0.15) is 0 Å². The predicted molar refractivity (Wildman–Crippen MR) is 102 cm³/mol. The fraction of sp³-hybridized carbons (Fsp3) is 0.263. The molecule has 1 aliphatic heterocycles. The number of nitrogens with zero attached hydrogens (tertiary/aromatic N) is 1. The van der Waals surface area contributed by atoms with Gasteiger partial charge in [-0.15, -0.1) is 23.1 Å². The Morgan fingerprint density at radius 2 is 1.88 bits per heavy atom.